The van der Waals surface area contributed by atoms with Crippen molar-refractivity contribution in [3.05, 3.63) is 42.5 Å². The number of benzene rings is 1. The molecule has 19 heavy (non-hydrogen) atoms. The normalized spacial score (nSPS) is 35.7. The first-order valence-electron chi connectivity index (χ1n) is 7.04. The van der Waals surface area contributed by atoms with Crippen LogP contribution in [0, 0.1) is 5.92 Å². The summed E-state index contributed by atoms with van der Waals surface area (Å²) in [5.74, 6) is 1.36. The van der Waals surface area contributed by atoms with Crippen LogP contribution in [0.3, 0.4) is 0 Å². The highest BCUT2D eigenvalue weighted by atomic mass is 16.5. The van der Waals surface area contributed by atoms with Crippen molar-refractivity contribution in [2.75, 3.05) is 0 Å². The first-order valence-corrected chi connectivity index (χ1v) is 7.04. The highest BCUT2D eigenvalue weighted by Crippen LogP contribution is 2.52. The molecular weight excluding hydrogens is 236 g/mol. The maximum atomic E-state index is 6.39. The van der Waals surface area contributed by atoms with E-state index in [9.17, 15) is 0 Å². The second kappa shape index (κ2) is 4.11. The van der Waals surface area contributed by atoms with Crippen molar-refractivity contribution in [3.8, 4) is 5.75 Å². The van der Waals surface area contributed by atoms with E-state index >= 15 is 0 Å². The number of rotatable bonds is 1. The van der Waals surface area contributed by atoms with E-state index in [-0.39, 0.29) is 17.3 Å². The van der Waals surface area contributed by atoms with E-state index in [1.165, 1.54) is 5.56 Å². The standard InChI is InChI=1S/C17H22O2/c1-5-17(4)11-10-13-15(19-17)12-8-6-7-9-14(12)18-16(13,2)3/h5-9,13,15H,1,10-11H2,2-4H3/t13-,15-,17+/m0/s1. The van der Waals surface area contributed by atoms with E-state index in [4.69, 9.17) is 9.47 Å². The van der Waals surface area contributed by atoms with E-state index in [1.54, 1.807) is 0 Å². The van der Waals surface area contributed by atoms with E-state index in [1.807, 2.05) is 18.2 Å². The zero-order valence-corrected chi connectivity index (χ0v) is 12.0. The largest absolute Gasteiger partial charge is 0.487 e. The van der Waals surface area contributed by atoms with Crippen LogP contribution in [0.25, 0.3) is 0 Å². The maximum Gasteiger partial charge on any atom is 0.125 e. The van der Waals surface area contributed by atoms with Gasteiger partial charge in [-0.1, -0.05) is 24.3 Å². The number of ether oxygens (including phenoxy) is 2. The Morgan fingerprint density at radius 2 is 2.00 bits per heavy atom. The third kappa shape index (κ3) is 1.99. The molecule has 1 aromatic rings. The molecule has 0 amide bonds. The average molecular weight is 258 g/mol. The summed E-state index contributed by atoms with van der Waals surface area (Å²) in [6, 6.07) is 8.24. The molecular formula is C17H22O2. The Bertz CT molecular complexity index is 506. The molecule has 2 heterocycles. The van der Waals surface area contributed by atoms with Gasteiger partial charge in [-0.25, -0.2) is 0 Å². The van der Waals surface area contributed by atoms with Crippen LogP contribution in [-0.4, -0.2) is 11.2 Å². The lowest BCUT2D eigenvalue weighted by Gasteiger charge is -2.51. The molecule has 0 radical (unpaired) electrons. The third-order valence-electron chi connectivity index (χ3n) is 4.64. The summed E-state index contributed by atoms with van der Waals surface area (Å²) in [6.07, 6.45) is 4.16. The van der Waals surface area contributed by atoms with Crippen LogP contribution in [0.2, 0.25) is 0 Å². The van der Waals surface area contributed by atoms with Crippen molar-refractivity contribution in [2.24, 2.45) is 5.92 Å². The monoisotopic (exact) mass is 258 g/mol. The van der Waals surface area contributed by atoms with Crippen LogP contribution in [-0.2, 0) is 4.74 Å². The van der Waals surface area contributed by atoms with Crippen molar-refractivity contribution in [2.45, 2.75) is 50.9 Å². The van der Waals surface area contributed by atoms with Gasteiger partial charge >= 0.3 is 0 Å². The highest BCUT2D eigenvalue weighted by Gasteiger charge is 2.49. The maximum absolute atomic E-state index is 6.39. The molecule has 1 fully saturated rings. The predicted octanol–water partition coefficient (Wildman–Crippen LogP) is 4.27. The third-order valence-corrected chi connectivity index (χ3v) is 4.64. The van der Waals surface area contributed by atoms with Gasteiger partial charge in [0.2, 0.25) is 0 Å². The Kier molecular flexibility index (Phi) is 2.75. The highest BCUT2D eigenvalue weighted by molar-refractivity contribution is 5.39. The van der Waals surface area contributed by atoms with Gasteiger partial charge in [0.15, 0.2) is 0 Å². The lowest BCUT2D eigenvalue weighted by atomic mass is 9.73. The smallest absolute Gasteiger partial charge is 0.125 e. The van der Waals surface area contributed by atoms with Crippen LogP contribution in [0.15, 0.2) is 36.9 Å². The predicted molar refractivity (Wildman–Crippen MR) is 76.3 cm³/mol. The van der Waals surface area contributed by atoms with Crippen LogP contribution >= 0.6 is 0 Å². The summed E-state index contributed by atoms with van der Waals surface area (Å²) in [4.78, 5) is 0. The van der Waals surface area contributed by atoms with Gasteiger partial charge in [-0.2, -0.15) is 0 Å². The molecule has 0 aromatic heterocycles. The molecule has 0 bridgehead atoms. The minimum Gasteiger partial charge on any atom is -0.487 e. The number of para-hydroxylation sites is 1. The number of hydrogen-bond acceptors (Lipinski definition) is 2. The zero-order valence-electron chi connectivity index (χ0n) is 12.0. The molecule has 1 saturated heterocycles. The second-order valence-corrected chi connectivity index (χ2v) is 6.44. The van der Waals surface area contributed by atoms with E-state index < -0.39 is 0 Å². The van der Waals surface area contributed by atoms with E-state index in [0.29, 0.717) is 5.92 Å². The fourth-order valence-corrected chi connectivity index (χ4v) is 3.33. The lowest BCUT2D eigenvalue weighted by molar-refractivity contribution is -0.172. The minimum atomic E-state index is -0.221. The number of fused-ring (bicyclic) bond motifs is 3. The Balaban J connectivity index is 2.05. The van der Waals surface area contributed by atoms with Gasteiger partial charge in [0, 0.05) is 11.5 Å². The molecule has 2 nitrogen and oxygen atoms in total. The van der Waals surface area contributed by atoms with Gasteiger partial charge in [-0.3, -0.25) is 0 Å². The molecule has 0 aliphatic carbocycles. The zero-order chi connectivity index (χ0) is 13.7. The van der Waals surface area contributed by atoms with Gasteiger partial charge in [-0.05, 0) is 39.7 Å². The fourth-order valence-electron chi connectivity index (χ4n) is 3.33. The molecule has 2 aliphatic heterocycles. The average Bonchev–Trinajstić information content (AvgIpc) is 2.38. The molecule has 3 atom stereocenters. The first-order chi connectivity index (χ1) is 8.95. The van der Waals surface area contributed by atoms with Crippen LogP contribution in [0.1, 0.15) is 45.3 Å². The summed E-state index contributed by atoms with van der Waals surface area (Å²) in [5, 5.41) is 0. The van der Waals surface area contributed by atoms with Crippen molar-refractivity contribution in [1.29, 1.82) is 0 Å². The Hall–Kier alpha value is -1.28. The van der Waals surface area contributed by atoms with Gasteiger partial charge in [0.25, 0.3) is 0 Å². The molecule has 0 spiro atoms. The summed E-state index contributed by atoms with van der Waals surface area (Å²) in [7, 11) is 0. The van der Waals surface area contributed by atoms with E-state index in [2.05, 4.69) is 39.5 Å². The minimum absolute atomic E-state index is 0.108. The lowest BCUT2D eigenvalue weighted by Crippen LogP contribution is -2.50. The molecule has 102 valence electrons. The molecule has 2 aliphatic rings. The van der Waals surface area contributed by atoms with Crippen LogP contribution in [0.5, 0.6) is 5.75 Å². The van der Waals surface area contributed by atoms with Crippen LogP contribution < -0.4 is 4.74 Å². The fraction of sp³-hybridized carbons (Fsp3) is 0.529. The SMILES string of the molecule is C=C[C@]1(C)CC[C@H]2[C@@H](O1)c1ccccc1OC2(C)C. The molecule has 3 rings (SSSR count). The molecule has 2 heteroatoms. The van der Waals surface area contributed by atoms with Crippen molar-refractivity contribution in [1.82, 2.24) is 0 Å². The quantitative estimate of drug-likeness (QED) is 0.700. The van der Waals surface area contributed by atoms with Gasteiger partial charge in [0.05, 0.1) is 11.7 Å². The Morgan fingerprint density at radius 3 is 2.74 bits per heavy atom. The topological polar surface area (TPSA) is 18.5 Å². The summed E-state index contributed by atoms with van der Waals surface area (Å²) < 4.78 is 12.6. The van der Waals surface area contributed by atoms with Gasteiger partial charge in [-0.15, -0.1) is 6.58 Å². The molecule has 1 aromatic carbocycles. The summed E-state index contributed by atoms with van der Waals surface area (Å²) >= 11 is 0. The summed E-state index contributed by atoms with van der Waals surface area (Å²) in [5.41, 5.74) is 0.781. The van der Waals surface area contributed by atoms with Crippen molar-refractivity contribution >= 4 is 0 Å². The molecule has 0 saturated carbocycles. The van der Waals surface area contributed by atoms with Crippen LogP contribution in [0.4, 0.5) is 0 Å². The van der Waals surface area contributed by atoms with Crippen molar-refractivity contribution in [3.63, 3.8) is 0 Å². The first kappa shape index (κ1) is 12.7. The molecule has 0 N–H and O–H groups in total. The number of hydrogen-bond donors (Lipinski definition) is 0. The van der Waals surface area contributed by atoms with Crippen molar-refractivity contribution < 1.29 is 9.47 Å². The Labute approximate surface area is 115 Å². The Morgan fingerprint density at radius 1 is 1.26 bits per heavy atom. The van der Waals surface area contributed by atoms with Gasteiger partial charge in [0.1, 0.15) is 11.4 Å². The van der Waals surface area contributed by atoms with E-state index in [0.717, 1.165) is 18.6 Å². The summed E-state index contributed by atoms with van der Waals surface area (Å²) in [6.45, 7) is 10.4. The van der Waals surface area contributed by atoms with Gasteiger partial charge < -0.3 is 9.47 Å². The molecule has 0 unspecified atom stereocenters. The second-order valence-electron chi connectivity index (χ2n) is 6.44.